The Balaban J connectivity index is 2.37. The van der Waals surface area contributed by atoms with Crippen LogP contribution in [0.2, 0.25) is 0 Å². The smallest absolute Gasteiger partial charge is 0.216 e. The van der Waals surface area contributed by atoms with Gasteiger partial charge in [0.05, 0.1) is 13.2 Å². The Morgan fingerprint density at radius 3 is 2.65 bits per heavy atom. The summed E-state index contributed by atoms with van der Waals surface area (Å²) in [5.74, 6) is 1.97. The molecule has 0 unspecified atom stereocenters. The molecule has 1 rings (SSSR count). The SMILES string of the molecule is CCCCCOCCc1nc(C)cc(OCC(C)C)n1. The van der Waals surface area contributed by atoms with Crippen LogP contribution in [-0.2, 0) is 11.2 Å². The van der Waals surface area contributed by atoms with Crippen molar-refractivity contribution < 1.29 is 9.47 Å². The van der Waals surface area contributed by atoms with Crippen LogP contribution >= 0.6 is 0 Å². The molecule has 0 bridgehead atoms. The molecule has 1 heterocycles. The molecule has 0 fully saturated rings. The van der Waals surface area contributed by atoms with Gasteiger partial charge in [-0.05, 0) is 19.3 Å². The van der Waals surface area contributed by atoms with Gasteiger partial charge in [-0.15, -0.1) is 0 Å². The number of nitrogens with zero attached hydrogens (tertiary/aromatic N) is 2. The summed E-state index contributed by atoms with van der Waals surface area (Å²) in [5.41, 5.74) is 0.944. The highest BCUT2D eigenvalue weighted by molar-refractivity contribution is 5.15. The number of ether oxygens (including phenoxy) is 2. The molecule has 0 amide bonds. The van der Waals surface area contributed by atoms with E-state index in [-0.39, 0.29) is 0 Å². The van der Waals surface area contributed by atoms with Crippen LogP contribution in [-0.4, -0.2) is 29.8 Å². The second-order valence-corrected chi connectivity index (χ2v) is 5.54. The molecule has 0 N–H and O–H groups in total. The molecule has 0 radical (unpaired) electrons. The highest BCUT2D eigenvalue weighted by Gasteiger charge is 2.04. The van der Waals surface area contributed by atoms with Gasteiger partial charge in [-0.25, -0.2) is 4.98 Å². The third-order valence-corrected chi connectivity index (χ3v) is 2.80. The molecule has 1 aromatic rings. The van der Waals surface area contributed by atoms with E-state index in [9.17, 15) is 0 Å². The van der Waals surface area contributed by atoms with E-state index in [1.807, 2.05) is 13.0 Å². The Hall–Kier alpha value is -1.16. The molecule has 114 valence electrons. The van der Waals surface area contributed by atoms with E-state index in [4.69, 9.17) is 9.47 Å². The highest BCUT2D eigenvalue weighted by Crippen LogP contribution is 2.10. The molecule has 0 aromatic carbocycles. The van der Waals surface area contributed by atoms with Crippen LogP contribution in [0, 0.1) is 12.8 Å². The number of aromatic nitrogens is 2. The zero-order chi connectivity index (χ0) is 14.8. The number of hydrogen-bond donors (Lipinski definition) is 0. The molecule has 20 heavy (non-hydrogen) atoms. The Labute approximate surface area is 122 Å². The normalized spacial score (nSPS) is 11.1. The molecular weight excluding hydrogens is 252 g/mol. The van der Waals surface area contributed by atoms with Gasteiger partial charge in [0, 0.05) is 24.8 Å². The lowest BCUT2D eigenvalue weighted by atomic mass is 10.2. The Bertz CT molecular complexity index is 381. The molecular formula is C16H28N2O2. The monoisotopic (exact) mass is 280 g/mol. The van der Waals surface area contributed by atoms with Gasteiger partial charge >= 0.3 is 0 Å². The summed E-state index contributed by atoms with van der Waals surface area (Å²) in [5, 5.41) is 0. The van der Waals surface area contributed by atoms with Gasteiger partial charge in [0.1, 0.15) is 5.82 Å². The number of rotatable bonds is 10. The summed E-state index contributed by atoms with van der Waals surface area (Å²) >= 11 is 0. The molecule has 0 aliphatic carbocycles. The summed E-state index contributed by atoms with van der Waals surface area (Å²) < 4.78 is 11.3. The third-order valence-electron chi connectivity index (χ3n) is 2.80. The van der Waals surface area contributed by atoms with Crippen LogP contribution in [0.5, 0.6) is 5.88 Å². The molecule has 0 saturated heterocycles. The van der Waals surface area contributed by atoms with Gasteiger partial charge in [0.2, 0.25) is 5.88 Å². The van der Waals surface area contributed by atoms with Crippen LogP contribution in [0.25, 0.3) is 0 Å². The average Bonchev–Trinajstić information content (AvgIpc) is 2.40. The Morgan fingerprint density at radius 1 is 1.15 bits per heavy atom. The summed E-state index contributed by atoms with van der Waals surface area (Å²) in [6, 6.07) is 1.88. The predicted molar refractivity (Wildman–Crippen MR) is 81.2 cm³/mol. The minimum absolute atomic E-state index is 0.496. The molecule has 1 aromatic heterocycles. The quantitative estimate of drug-likeness (QED) is 0.615. The maximum atomic E-state index is 5.66. The van der Waals surface area contributed by atoms with Crippen LogP contribution in [0.3, 0.4) is 0 Å². The number of unbranched alkanes of at least 4 members (excludes halogenated alkanes) is 2. The van der Waals surface area contributed by atoms with Crippen molar-refractivity contribution in [2.75, 3.05) is 19.8 Å². The highest BCUT2D eigenvalue weighted by atomic mass is 16.5. The second-order valence-electron chi connectivity index (χ2n) is 5.54. The lowest BCUT2D eigenvalue weighted by Gasteiger charge is -2.10. The van der Waals surface area contributed by atoms with Crippen molar-refractivity contribution in [1.82, 2.24) is 9.97 Å². The van der Waals surface area contributed by atoms with Crippen LogP contribution < -0.4 is 4.74 Å². The van der Waals surface area contributed by atoms with E-state index in [1.54, 1.807) is 0 Å². The van der Waals surface area contributed by atoms with E-state index in [1.165, 1.54) is 12.8 Å². The number of hydrogen-bond acceptors (Lipinski definition) is 4. The van der Waals surface area contributed by atoms with Gasteiger partial charge in [-0.2, -0.15) is 4.98 Å². The number of aryl methyl sites for hydroxylation is 1. The molecule has 0 aliphatic heterocycles. The minimum Gasteiger partial charge on any atom is -0.477 e. The van der Waals surface area contributed by atoms with Crippen molar-refractivity contribution in [3.8, 4) is 5.88 Å². The van der Waals surface area contributed by atoms with Crippen molar-refractivity contribution in [2.24, 2.45) is 5.92 Å². The van der Waals surface area contributed by atoms with E-state index in [2.05, 4.69) is 30.7 Å². The molecule has 0 saturated carbocycles. The first-order valence-electron chi connectivity index (χ1n) is 7.67. The first kappa shape index (κ1) is 16.9. The van der Waals surface area contributed by atoms with Crippen molar-refractivity contribution in [3.63, 3.8) is 0 Å². The Kier molecular flexibility index (Phi) is 8.19. The molecule has 4 nitrogen and oxygen atoms in total. The second kappa shape index (κ2) is 9.70. The summed E-state index contributed by atoms with van der Waals surface area (Å²) in [6.07, 6.45) is 4.33. The first-order valence-corrected chi connectivity index (χ1v) is 7.67. The van der Waals surface area contributed by atoms with E-state index < -0.39 is 0 Å². The standard InChI is InChI=1S/C16H28N2O2/c1-5-6-7-9-19-10-8-15-17-14(4)11-16(18-15)20-12-13(2)3/h11,13H,5-10,12H2,1-4H3. The maximum absolute atomic E-state index is 5.66. The average molecular weight is 280 g/mol. The van der Waals surface area contributed by atoms with E-state index >= 15 is 0 Å². The fraction of sp³-hybridized carbons (Fsp3) is 0.750. The van der Waals surface area contributed by atoms with Gasteiger partial charge in [-0.1, -0.05) is 33.6 Å². The largest absolute Gasteiger partial charge is 0.477 e. The van der Waals surface area contributed by atoms with Crippen LogP contribution in [0.4, 0.5) is 0 Å². The van der Waals surface area contributed by atoms with Gasteiger partial charge in [-0.3, -0.25) is 0 Å². The lowest BCUT2D eigenvalue weighted by Crippen LogP contribution is -2.09. The lowest BCUT2D eigenvalue weighted by molar-refractivity contribution is 0.131. The zero-order valence-electron chi connectivity index (χ0n) is 13.3. The first-order chi connectivity index (χ1) is 9.61. The zero-order valence-corrected chi connectivity index (χ0v) is 13.3. The topological polar surface area (TPSA) is 44.2 Å². The van der Waals surface area contributed by atoms with Crippen molar-refractivity contribution in [1.29, 1.82) is 0 Å². The van der Waals surface area contributed by atoms with E-state index in [0.717, 1.165) is 31.0 Å². The predicted octanol–water partition coefficient (Wildman–Crippen LogP) is 3.57. The molecule has 4 heteroatoms. The van der Waals surface area contributed by atoms with Crippen molar-refractivity contribution >= 4 is 0 Å². The molecule has 0 spiro atoms. The maximum Gasteiger partial charge on any atom is 0.216 e. The Morgan fingerprint density at radius 2 is 1.95 bits per heavy atom. The van der Waals surface area contributed by atoms with E-state index in [0.29, 0.717) is 25.0 Å². The van der Waals surface area contributed by atoms with Crippen molar-refractivity contribution in [2.45, 2.75) is 53.4 Å². The van der Waals surface area contributed by atoms with Gasteiger partial charge < -0.3 is 9.47 Å². The van der Waals surface area contributed by atoms with Crippen LogP contribution in [0.15, 0.2) is 6.07 Å². The summed E-state index contributed by atoms with van der Waals surface area (Å²) in [7, 11) is 0. The third kappa shape index (κ3) is 7.43. The summed E-state index contributed by atoms with van der Waals surface area (Å²) in [6.45, 7) is 10.6. The molecule has 0 atom stereocenters. The van der Waals surface area contributed by atoms with Gasteiger partial charge in [0.25, 0.3) is 0 Å². The van der Waals surface area contributed by atoms with Crippen LogP contribution in [0.1, 0.15) is 51.6 Å². The fourth-order valence-corrected chi connectivity index (χ4v) is 1.76. The van der Waals surface area contributed by atoms with Crippen molar-refractivity contribution in [3.05, 3.63) is 17.6 Å². The molecule has 0 aliphatic rings. The summed E-state index contributed by atoms with van der Waals surface area (Å²) in [4.78, 5) is 8.85. The fourth-order valence-electron chi connectivity index (χ4n) is 1.76. The minimum atomic E-state index is 0.496. The van der Waals surface area contributed by atoms with Gasteiger partial charge in [0.15, 0.2) is 0 Å².